The number of ether oxygens (including phenoxy) is 2. The van der Waals surface area contributed by atoms with E-state index in [-0.39, 0.29) is 50.4 Å². The van der Waals surface area contributed by atoms with Crippen LogP contribution in [0.25, 0.3) is 0 Å². The smallest absolute Gasteiger partial charge is 0.417 e. The number of benzene rings is 1. The number of methoxy groups -OCH3 is 2. The molecule has 0 spiro atoms. The van der Waals surface area contributed by atoms with Gasteiger partial charge in [0.15, 0.2) is 0 Å². The lowest BCUT2D eigenvalue weighted by molar-refractivity contribution is -0.137. The Hall–Kier alpha value is -2.68. The molecule has 2 aromatic rings. The minimum atomic E-state index is -4.79. The van der Waals surface area contributed by atoms with E-state index in [0.29, 0.717) is 6.07 Å². The fraction of sp³-hybridized carbons (Fsp3) is 0.421. The van der Waals surface area contributed by atoms with Crippen molar-refractivity contribution >= 4 is 33.5 Å². The molecule has 0 bridgehead atoms. The number of aromatic nitrogens is 2. The van der Waals surface area contributed by atoms with Crippen molar-refractivity contribution in [3.63, 3.8) is 0 Å². The van der Waals surface area contributed by atoms with Gasteiger partial charge in [-0.1, -0.05) is 11.6 Å². The molecule has 1 fully saturated rings. The third-order valence-corrected chi connectivity index (χ3v) is 7.15. The Balaban J connectivity index is 1.61. The predicted molar refractivity (Wildman–Crippen MR) is 115 cm³/mol. The monoisotopic (exact) mass is 523 g/mol. The molecule has 1 aromatic carbocycles. The fourth-order valence-electron chi connectivity index (χ4n) is 3.20. The number of rotatable bonds is 7. The van der Waals surface area contributed by atoms with E-state index in [9.17, 15) is 26.4 Å². The molecule has 34 heavy (non-hydrogen) atoms. The van der Waals surface area contributed by atoms with Crippen LogP contribution < -0.4 is 14.8 Å². The summed E-state index contributed by atoms with van der Waals surface area (Å²) in [6.07, 6.45) is -4.79. The van der Waals surface area contributed by atoms with Crippen molar-refractivity contribution in [2.24, 2.45) is 0 Å². The second-order valence-corrected chi connectivity index (χ2v) is 9.49. The second-order valence-electron chi connectivity index (χ2n) is 7.14. The summed E-state index contributed by atoms with van der Waals surface area (Å²) in [4.78, 5) is 21.6. The van der Waals surface area contributed by atoms with Gasteiger partial charge in [0.2, 0.25) is 33.6 Å². The average molecular weight is 524 g/mol. The first-order valence-corrected chi connectivity index (χ1v) is 11.6. The van der Waals surface area contributed by atoms with Crippen molar-refractivity contribution in [2.75, 3.05) is 52.3 Å². The minimum absolute atomic E-state index is 0.0108. The highest BCUT2D eigenvalue weighted by Crippen LogP contribution is 2.36. The lowest BCUT2D eigenvalue weighted by Gasteiger charge is -2.33. The molecule has 186 valence electrons. The number of amides is 1. The van der Waals surface area contributed by atoms with Crippen LogP contribution in [0.4, 0.5) is 19.1 Å². The summed E-state index contributed by atoms with van der Waals surface area (Å²) in [6.45, 7) is 0.283. The molecule has 10 nitrogen and oxygen atoms in total. The summed E-state index contributed by atoms with van der Waals surface area (Å²) in [7, 11) is -1.38. The molecule has 1 aliphatic heterocycles. The number of sulfonamides is 1. The van der Waals surface area contributed by atoms with Gasteiger partial charge in [0, 0.05) is 26.2 Å². The molecule has 1 amide bonds. The second kappa shape index (κ2) is 10.3. The van der Waals surface area contributed by atoms with Crippen LogP contribution >= 0.6 is 11.6 Å². The Kier molecular flexibility index (Phi) is 7.85. The molecule has 0 aliphatic carbocycles. The largest absolute Gasteiger partial charge is 0.481 e. The lowest BCUT2D eigenvalue weighted by atomic mass is 10.2. The van der Waals surface area contributed by atoms with Gasteiger partial charge in [0.1, 0.15) is 0 Å². The van der Waals surface area contributed by atoms with Gasteiger partial charge in [-0.15, -0.1) is 0 Å². The van der Waals surface area contributed by atoms with Gasteiger partial charge in [-0.3, -0.25) is 15.0 Å². The van der Waals surface area contributed by atoms with Crippen LogP contribution in [0.5, 0.6) is 11.8 Å². The van der Waals surface area contributed by atoms with Crippen LogP contribution in [0.1, 0.15) is 5.56 Å². The van der Waals surface area contributed by atoms with Gasteiger partial charge >= 0.3 is 6.18 Å². The zero-order chi connectivity index (χ0) is 25.1. The van der Waals surface area contributed by atoms with Gasteiger partial charge in [-0.05, 0) is 18.2 Å². The van der Waals surface area contributed by atoms with Crippen molar-refractivity contribution in [3.8, 4) is 11.8 Å². The summed E-state index contributed by atoms with van der Waals surface area (Å²) >= 11 is 5.58. The van der Waals surface area contributed by atoms with Crippen LogP contribution in [0.15, 0.2) is 29.2 Å². The van der Waals surface area contributed by atoms with Gasteiger partial charge < -0.3 is 9.47 Å². The van der Waals surface area contributed by atoms with Crippen molar-refractivity contribution in [3.05, 3.63) is 34.9 Å². The zero-order valence-corrected chi connectivity index (χ0v) is 19.7. The number of piperazine rings is 1. The molecule has 2 heterocycles. The number of hydrogen-bond acceptors (Lipinski definition) is 8. The Bertz CT molecular complexity index is 1140. The first-order chi connectivity index (χ1) is 15.9. The van der Waals surface area contributed by atoms with Crippen molar-refractivity contribution < 1.29 is 35.9 Å². The van der Waals surface area contributed by atoms with Crippen molar-refractivity contribution in [1.82, 2.24) is 19.2 Å². The SMILES string of the molecule is COc1cc(OC)nc(NC(=O)CN2CCN(S(=O)(=O)c3ccc(Cl)c(C(F)(F)F)c3)CC2)n1. The number of nitrogens with zero attached hydrogens (tertiary/aromatic N) is 4. The number of halogens is 4. The molecule has 1 N–H and O–H groups in total. The first-order valence-electron chi connectivity index (χ1n) is 9.80. The van der Waals surface area contributed by atoms with Gasteiger partial charge in [-0.25, -0.2) is 8.42 Å². The molecule has 0 saturated carbocycles. The third kappa shape index (κ3) is 6.05. The predicted octanol–water partition coefficient (Wildman–Crippen LogP) is 2.11. The van der Waals surface area contributed by atoms with Gasteiger partial charge in [0.25, 0.3) is 0 Å². The van der Waals surface area contributed by atoms with Crippen LogP contribution in [0, 0.1) is 0 Å². The topological polar surface area (TPSA) is 114 Å². The molecule has 1 aliphatic rings. The number of nitrogens with one attached hydrogen (secondary N) is 1. The molecular weight excluding hydrogens is 503 g/mol. The maximum Gasteiger partial charge on any atom is 0.417 e. The zero-order valence-electron chi connectivity index (χ0n) is 18.1. The van der Waals surface area contributed by atoms with Crippen LogP contribution in [0.3, 0.4) is 0 Å². The summed E-state index contributed by atoms with van der Waals surface area (Å²) in [6, 6.07) is 3.91. The summed E-state index contributed by atoms with van der Waals surface area (Å²) < 4.78 is 76.1. The highest BCUT2D eigenvalue weighted by Gasteiger charge is 2.36. The summed E-state index contributed by atoms with van der Waals surface area (Å²) in [5.74, 6) is -0.0848. The highest BCUT2D eigenvalue weighted by atomic mass is 35.5. The molecule has 3 rings (SSSR count). The Morgan fingerprint density at radius 3 is 2.21 bits per heavy atom. The Labute approximate surface area is 198 Å². The number of carbonyl (C=O) groups is 1. The Morgan fingerprint density at radius 2 is 1.68 bits per heavy atom. The van der Waals surface area contributed by atoms with Gasteiger partial charge in [-0.2, -0.15) is 27.4 Å². The van der Waals surface area contributed by atoms with E-state index in [4.69, 9.17) is 21.1 Å². The Morgan fingerprint density at radius 1 is 1.09 bits per heavy atom. The van der Waals surface area contributed by atoms with Crippen LogP contribution in [-0.2, 0) is 21.0 Å². The molecule has 1 saturated heterocycles. The van der Waals surface area contributed by atoms with Crippen LogP contribution in [0.2, 0.25) is 5.02 Å². The van der Waals surface area contributed by atoms with Crippen LogP contribution in [-0.4, -0.2) is 80.4 Å². The van der Waals surface area contributed by atoms with Crippen molar-refractivity contribution in [2.45, 2.75) is 11.1 Å². The summed E-state index contributed by atoms with van der Waals surface area (Å²) in [5.41, 5.74) is -1.22. The lowest BCUT2D eigenvalue weighted by Crippen LogP contribution is -2.50. The first kappa shape index (κ1) is 25.9. The van der Waals surface area contributed by atoms with E-state index < -0.39 is 37.6 Å². The quantitative estimate of drug-likeness (QED) is 0.587. The van der Waals surface area contributed by atoms with Crippen molar-refractivity contribution in [1.29, 1.82) is 0 Å². The number of hydrogen-bond donors (Lipinski definition) is 1. The summed E-state index contributed by atoms with van der Waals surface area (Å²) in [5, 5.41) is 1.93. The third-order valence-electron chi connectivity index (χ3n) is 4.93. The molecule has 0 unspecified atom stereocenters. The van der Waals surface area contributed by atoms with Gasteiger partial charge in [0.05, 0.1) is 42.3 Å². The normalized spacial score (nSPS) is 15.7. The standard InChI is InChI=1S/C19H21ClF3N5O5S/c1-32-16-10-17(33-2)26-18(25-16)24-15(29)11-27-5-7-28(8-6-27)34(30,31)12-3-4-14(20)13(9-12)19(21,22)23/h3-4,9-10H,5-8,11H2,1-2H3,(H,24,25,26,29). The van der Waals surface area contributed by atoms with E-state index in [1.54, 1.807) is 4.90 Å². The maximum absolute atomic E-state index is 13.1. The van der Waals surface area contributed by atoms with E-state index in [0.717, 1.165) is 16.4 Å². The van der Waals surface area contributed by atoms with E-state index in [1.165, 1.54) is 20.3 Å². The molecule has 0 radical (unpaired) electrons. The number of alkyl halides is 3. The molecule has 15 heteroatoms. The maximum atomic E-state index is 13.1. The highest BCUT2D eigenvalue weighted by molar-refractivity contribution is 7.89. The van der Waals surface area contributed by atoms with E-state index >= 15 is 0 Å². The fourth-order valence-corrected chi connectivity index (χ4v) is 4.87. The van der Waals surface area contributed by atoms with E-state index in [2.05, 4.69) is 15.3 Å². The molecule has 1 aromatic heterocycles. The molecular formula is C19H21ClF3N5O5S. The number of anilines is 1. The average Bonchev–Trinajstić information content (AvgIpc) is 2.78. The number of carbonyl (C=O) groups excluding carboxylic acids is 1. The molecule has 0 atom stereocenters. The van der Waals surface area contributed by atoms with E-state index in [1.807, 2.05) is 0 Å². The minimum Gasteiger partial charge on any atom is -0.481 e.